The van der Waals surface area contributed by atoms with Crippen LogP contribution < -0.4 is 0 Å². The summed E-state index contributed by atoms with van der Waals surface area (Å²) in [5.41, 5.74) is 0. The van der Waals surface area contributed by atoms with Gasteiger partial charge < -0.3 is 10.2 Å². The fraction of sp³-hybridized carbons (Fsp3) is 0.833. The molecular weight excluding hydrogens is 408 g/mol. The molecule has 33 heavy (non-hydrogen) atoms. The molecule has 0 saturated carbocycles. The Kier molecular flexibility index (Phi) is 26.3. The van der Waals surface area contributed by atoms with Crippen molar-refractivity contribution in [3.05, 3.63) is 24.3 Å². The maximum atomic E-state index is 10.4. The number of hydrogen-bond donors (Lipinski definition) is 2. The zero-order valence-electron chi connectivity index (χ0n) is 22.0. The van der Waals surface area contributed by atoms with Gasteiger partial charge in [-0.2, -0.15) is 0 Å². The molecule has 0 amide bonds. The molecule has 0 bridgehead atoms. The number of aliphatic hydroxyl groups is 1. The van der Waals surface area contributed by atoms with E-state index in [1.54, 1.807) is 0 Å². The molecule has 1 unspecified atom stereocenters. The van der Waals surface area contributed by atoms with Crippen molar-refractivity contribution in [3.8, 4) is 0 Å². The number of rotatable bonds is 26. The van der Waals surface area contributed by atoms with E-state index in [9.17, 15) is 9.90 Å². The van der Waals surface area contributed by atoms with E-state index in [-0.39, 0.29) is 6.10 Å². The second kappa shape index (κ2) is 27.2. The zero-order chi connectivity index (χ0) is 24.2. The van der Waals surface area contributed by atoms with Crippen molar-refractivity contribution >= 4 is 5.97 Å². The van der Waals surface area contributed by atoms with Gasteiger partial charge in [0.15, 0.2) is 0 Å². The molecule has 0 aliphatic heterocycles. The number of aliphatic carboxylic acids is 1. The number of carboxylic acids is 1. The molecule has 0 radical (unpaired) electrons. The minimum atomic E-state index is -0.660. The number of allylic oxidation sites excluding steroid dienone is 3. The third kappa shape index (κ3) is 28.9. The lowest BCUT2D eigenvalue weighted by Crippen LogP contribution is -2.04. The monoisotopic (exact) mass is 464 g/mol. The summed E-state index contributed by atoms with van der Waals surface area (Å²) in [7, 11) is 0. The van der Waals surface area contributed by atoms with Crippen molar-refractivity contribution in [2.45, 2.75) is 161 Å². The summed E-state index contributed by atoms with van der Waals surface area (Å²) in [6, 6.07) is 0. The van der Waals surface area contributed by atoms with Gasteiger partial charge in [-0.15, -0.1) is 0 Å². The maximum Gasteiger partial charge on any atom is 0.303 e. The predicted octanol–water partition coefficient (Wildman–Crippen LogP) is 9.54. The van der Waals surface area contributed by atoms with Gasteiger partial charge in [-0.3, -0.25) is 4.79 Å². The maximum absolute atomic E-state index is 10.4. The molecule has 3 heteroatoms. The molecule has 0 saturated heterocycles. The topological polar surface area (TPSA) is 57.5 Å². The molecule has 0 rings (SSSR count). The highest BCUT2D eigenvalue weighted by Gasteiger charge is 2.01. The molecule has 0 fully saturated rings. The summed E-state index contributed by atoms with van der Waals surface area (Å²) in [6.45, 7) is 2.20. The molecule has 0 aliphatic carbocycles. The van der Waals surface area contributed by atoms with Crippen LogP contribution in [0.25, 0.3) is 0 Å². The van der Waals surface area contributed by atoms with Crippen molar-refractivity contribution in [2.75, 3.05) is 0 Å². The van der Waals surface area contributed by atoms with Crippen LogP contribution in [0.1, 0.15) is 155 Å². The summed E-state index contributed by atoms with van der Waals surface area (Å²) in [5.74, 6) is -0.660. The number of carbonyl (C=O) groups is 1. The minimum Gasteiger partial charge on any atom is -0.481 e. The Labute approximate surface area is 206 Å². The molecule has 194 valence electrons. The zero-order valence-corrected chi connectivity index (χ0v) is 22.0. The second-order valence-electron chi connectivity index (χ2n) is 9.80. The van der Waals surface area contributed by atoms with E-state index in [1.165, 1.54) is 96.3 Å². The van der Waals surface area contributed by atoms with Crippen LogP contribution in [0, 0.1) is 0 Å². The third-order valence-corrected chi connectivity index (χ3v) is 6.40. The molecule has 2 N–H and O–H groups in total. The van der Waals surface area contributed by atoms with Gasteiger partial charge in [-0.05, 0) is 32.1 Å². The quantitative estimate of drug-likeness (QED) is 0.0989. The van der Waals surface area contributed by atoms with Gasteiger partial charge in [0.05, 0.1) is 6.10 Å². The molecule has 0 spiro atoms. The highest BCUT2D eigenvalue weighted by atomic mass is 16.4. The Morgan fingerprint density at radius 2 is 1.06 bits per heavy atom. The van der Waals surface area contributed by atoms with Crippen LogP contribution >= 0.6 is 0 Å². The highest BCUT2D eigenvalue weighted by Crippen LogP contribution is 2.15. The lowest BCUT2D eigenvalue weighted by atomic mass is 10.0. The van der Waals surface area contributed by atoms with Gasteiger partial charge in [-0.1, -0.05) is 140 Å². The molecular formula is C30H56O3. The molecule has 3 nitrogen and oxygen atoms in total. The fourth-order valence-corrected chi connectivity index (χ4v) is 4.23. The molecule has 0 aromatic carbocycles. The lowest BCUT2D eigenvalue weighted by molar-refractivity contribution is -0.137. The summed E-state index contributed by atoms with van der Waals surface area (Å²) < 4.78 is 0. The van der Waals surface area contributed by atoms with Crippen LogP contribution in [0.15, 0.2) is 24.3 Å². The molecule has 0 aromatic heterocycles. The summed E-state index contributed by atoms with van der Waals surface area (Å²) in [5, 5.41) is 18.7. The second-order valence-corrected chi connectivity index (χ2v) is 9.80. The fourth-order valence-electron chi connectivity index (χ4n) is 4.23. The van der Waals surface area contributed by atoms with Gasteiger partial charge in [0.2, 0.25) is 0 Å². The molecule has 1 atom stereocenters. The Balaban J connectivity index is 3.19. The summed E-state index contributed by atoms with van der Waals surface area (Å²) in [4.78, 5) is 10.4. The predicted molar refractivity (Wildman–Crippen MR) is 144 cm³/mol. The first-order valence-corrected chi connectivity index (χ1v) is 14.4. The normalized spacial score (nSPS) is 12.8. The van der Waals surface area contributed by atoms with Crippen molar-refractivity contribution in [3.63, 3.8) is 0 Å². The SMILES string of the molecule is CCCC=CCC=CCC(O)CCCCCCCCCCCCCCCCCCCC(=O)O. The van der Waals surface area contributed by atoms with Gasteiger partial charge >= 0.3 is 5.97 Å². The van der Waals surface area contributed by atoms with E-state index in [0.717, 1.165) is 44.9 Å². The number of carboxylic acid groups (broad SMARTS) is 1. The van der Waals surface area contributed by atoms with Crippen LogP contribution in [-0.2, 0) is 4.79 Å². The highest BCUT2D eigenvalue weighted by molar-refractivity contribution is 5.66. The average molecular weight is 465 g/mol. The van der Waals surface area contributed by atoms with E-state index in [2.05, 4.69) is 31.2 Å². The van der Waals surface area contributed by atoms with Gasteiger partial charge in [0, 0.05) is 6.42 Å². The van der Waals surface area contributed by atoms with Crippen molar-refractivity contribution < 1.29 is 15.0 Å². The lowest BCUT2D eigenvalue weighted by Gasteiger charge is -2.07. The first-order chi connectivity index (χ1) is 16.2. The number of unbranched alkanes of at least 4 members (excludes halogenated alkanes) is 17. The van der Waals surface area contributed by atoms with Crippen LogP contribution in [0.4, 0.5) is 0 Å². The first-order valence-electron chi connectivity index (χ1n) is 14.4. The molecule has 0 heterocycles. The van der Waals surface area contributed by atoms with E-state index in [4.69, 9.17) is 5.11 Å². The van der Waals surface area contributed by atoms with E-state index >= 15 is 0 Å². The number of aliphatic hydroxyl groups excluding tert-OH is 1. The van der Waals surface area contributed by atoms with Gasteiger partial charge in [0.25, 0.3) is 0 Å². The average Bonchev–Trinajstić information content (AvgIpc) is 2.79. The Hall–Kier alpha value is -1.09. The van der Waals surface area contributed by atoms with Crippen LogP contribution in [0.2, 0.25) is 0 Å². The minimum absolute atomic E-state index is 0.162. The first kappa shape index (κ1) is 31.9. The Morgan fingerprint density at radius 1 is 0.636 bits per heavy atom. The van der Waals surface area contributed by atoms with Gasteiger partial charge in [0.1, 0.15) is 0 Å². The van der Waals surface area contributed by atoms with Gasteiger partial charge in [-0.25, -0.2) is 0 Å². The van der Waals surface area contributed by atoms with Crippen molar-refractivity contribution in [1.82, 2.24) is 0 Å². The summed E-state index contributed by atoms with van der Waals surface area (Å²) in [6.07, 6.45) is 35.9. The smallest absolute Gasteiger partial charge is 0.303 e. The van der Waals surface area contributed by atoms with E-state index in [0.29, 0.717) is 6.42 Å². The van der Waals surface area contributed by atoms with Crippen LogP contribution in [0.3, 0.4) is 0 Å². The molecule has 0 aromatic rings. The largest absolute Gasteiger partial charge is 0.481 e. The molecule has 0 aliphatic rings. The Bertz CT molecular complexity index is 455. The van der Waals surface area contributed by atoms with Crippen molar-refractivity contribution in [2.24, 2.45) is 0 Å². The van der Waals surface area contributed by atoms with Crippen LogP contribution in [-0.4, -0.2) is 22.3 Å². The summed E-state index contributed by atoms with van der Waals surface area (Å²) >= 11 is 0. The standard InChI is InChI=1S/C30H56O3/c1-2-3-4-5-17-20-23-26-29(31)27-24-21-18-15-13-11-9-7-6-8-10-12-14-16-19-22-25-28-30(32)33/h4-5,20,23,29,31H,2-3,6-19,21-22,24-28H2,1H3,(H,32,33). The van der Waals surface area contributed by atoms with Crippen LogP contribution in [0.5, 0.6) is 0 Å². The third-order valence-electron chi connectivity index (χ3n) is 6.40. The van der Waals surface area contributed by atoms with Crippen molar-refractivity contribution in [1.29, 1.82) is 0 Å². The number of hydrogen-bond acceptors (Lipinski definition) is 2. The van der Waals surface area contributed by atoms with E-state index < -0.39 is 5.97 Å². The van der Waals surface area contributed by atoms with E-state index in [1.807, 2.05) is 0 Å². The Morgan fingerprint density at radius 3 is 1.52 bits per heavy atom.